The fraction of sp³-hybridized carbons (Fsp3) is 0.625. The highest BCUT2D eigenvalue weighted by Crippen LogP contribution is 2.15. The number of likely N-dealkylation sites (tertiary alicyclic amines) is 1. The third-order valence-corrected chi connectivity index (χ3v) is 4.13. The number of nitrogens with one attached hydrogen (secondary N) is 1. The maximum Gasteiger partial charge on any atom is 0.269 e. The van der Waals surface area contributed by atoms with Crippen LogP contribution in [0.25, 0.3) is 0 Å². The lowest BCUT2D eigenvalue weighted by atomic mass is 10.0. The molecule has 0 amide bonds. The summed E-state index contributed by atoms with van der Waals surface area (Å²) in [4.78, 5) is 12.7. The number of rotatable bonds is 8. The maximum atomic E-state index is 10.8. The number of nitrogens with zero attached hydrogens (tertiary/aromatic N) is 2. The van der Waals surface area contributed by atoms with Crippen LogP contribution in [-0.2, 0) is 11.3 Å². The van der Waals surface area contributed by atoms with Gasteiger partial charge in [-0.05, 0) is 31.5 Å². The summed E-state index contributed by atoms with van der Waals surface area (Å²) < 4.78 is 4.94. The van der Waals surface area contributed by atoms with Crippen molar-refractivity contribution in [3.8, 4) is 0 Å². The quantitative estimate of drug-likeness (QED) is 0.551. The van der Waals surface area contributed by atoms with Crippen LogP contribution in [-0.4, -0.2) is 60.4 Å². The molecule has 7 heteroatoms. The molecule has 7 nitrogen and oxygen atoms in total. The minimum Gasteiger partial charge on any atom is -0.389 e. The highest BCUT2D eigenvalue weighted by Gasteiger charge is 2.20. The number of aliphatic hydroxyl groups is 1. The van der Waals surface area contributed by atoms with Crippen LogP contribution in [0.1, 0.15) is 18.4 Å². The molecule has 23 heavy (non-hydrogen) atoms. The predicted molar refractivity (Wildman–Crippen MR) is 87.3 cm³/mol. The van der Waals surface area contributed by atoms with Crippen molar-refractivity contribution in [2.45, 2.75) is 31.5 Å². The van der Waals surface area contributed by atoms with E-state index in [1.54, 1.807) is 19.2 Å². The standard InChI is InChI=1S/C16H25N3O4/c1-23-12-16(20)11-18-7-5-14(6-8-18)17-10-13-3-2-4-15(9-13)19(21)22/h2-4,9,14,16-17,20H,5-8,10-12H2,1H3. The van der Waals surface area contributed by atoms with Gasteiger partial charge in [0.15, 0.2) is 0 Å². The number of ether oxygens (including phenoxy) is 1. The first-order valence-corrected chi connectivity index (χ1v) is 7.94. The van der Waals surface area contributed by atoms with E-state index in [0.717, 1.165) is 31.5 Å². The van der Waals surface area contributed by atoms with E-state index < -0.39 is 6.10 Å². The van der Waals surface area contributed by atoms with E-state index in [4.69, 9.17) is 4.74 Å². The molecule has 1 aliphatic rings. The van der Waals surface area contributed by atoms with Crippen LogP contribution in [0.5, 0.6) is 0 Å². The molecule has 0 saturated carbocycles. The summed E-state index contributed by atoms with van der Waals surface area (Å²) in [6.07, 6.45) is 1.58. The Morgan fingerprint density at radius 1 is 1.48 bits per heavy atom. The molecule has 1 heterocycles. The van der Waals surface area contributed by atoms with Gasteiger partial charge in [-0.1, -0.05) is 12.1 Å². The van der Waals surface area contributed by atoms with Crippen molar-refractivity contribution < 1.29 is 14.8 Å². The van der Waals surface area contributed by atoms with Gasteiger partial charge in [-0.15, -0.1) is 0 Å². The first kappa shape index (κ1) is 17.8. The number of non-ortho nitro benzene ring substituents is 1. The molecule has 1 atom stereocenters. The van der Waals surface area contributed by atoms with Crippen LogP contribution < -0.4 is 5.32 Å². The summed E-state index contributed by atoms with van der Waals surface area (Å²) in [5.41, 5.74) is 1.06. The van der Waals surface area contributed by atoms with Crippen molar-refractivity contribution in [2.24, 2.45) is 0 Å². The number of hydrogen-bond acceptors (Lipinski definition) is 6. The van der Waals surface area contributed by atoms with E-state index in [-0.39, 0.29) is 10.6 Å². The molecule has 1 fully saturated rings. The Morgan fingerprint density at radius 2 is 2.22 bits per heavy atom. The van der Waals surface area contributed by atoms with Gasteiger partial charge in [0.05, 0.1) is 17.6 Å². The average molecular weight is 323 g/mol. The molecule has 1 aromatic rings. The van der Waals surface area contributed by atoms with Crippen molar-refractivity contribution in [3.63, 3.8) is 0 Å². The number of nitro benzene ring substituents is 1. The van der Waals surface area contributed by atoms with Gasteiger partial charge in [-0.25, -0.2) is 0 Å². The third kappa shape index (κ3) is 5.87. The zero-order valence-corrected chi connectivity index (χ0v) is 13.5. The smallest absolute Gasteiger partial charge is 0.269 e. The summed E-state index contributed by atoms with van der Waals surface area (Å²) in [7, 11) is 1.59. The third-order valence-electron chi connectivity index (χ3n) is 4.13. The van der Waals surface area contributed by atoms with E-state index in [2.05, 4.69) is 10.2 Å². The van der Waals surface area contributed by atoms with Crippen LogP contribution in [0.3, 0.4) is 0 Å². The summed E-state index contributed by atoms with van der Waals surface area (Å²) in [5, 5.41) is 24.0. The summed E-state index contributed by atoms with van der Waals surface area (Å²) in [5.74, 6) is 0. The van der Waals surface area contributed by atoms with Crippen LogP contribution in [0.2, 0.25) is 0 Å². The molecule has 1 aliphatic heterocycles. The second-order valence-corrected chi connectivity index (χ2v) is 5.99. The number of methoxy groups -OCH3 is 1. The molecule has 1 unspecified atom stereocenters. The second-order valence-electron chi connectivity index (χ2n) is 5.99. The average Bonchev–Trinajstić information content (AvgIpc) is 2.54. The van der Waals surface area contributed by atoms with Crippen molar-refractivity contribution in [3.05, 3.63) is 39.9 Å². The summed E-state index contributed by atoms with van der Waals surface area (Å²) in [6.45, 7) is 3.52. The Balaban J connectivity index is 1.72. The van der Waals surface area contributed by atoms with Gasteiger partial charge >= 0.3 is 0 Å². The Hall–Kier alpha value is -1.54. The Kier molecular flexibility index (Phi) is 6.91. The van der Waals surface area contributed by atoms with Gasteiger partial charge in [-0.3, -0.25) is 10.1 Å². The van der Waals surface area contributed by atoms with Gasteiger partial charge in [0.1, 0.15) is 0 Å². The van der Waals surface area contributed by atoms with E-state index in [9.17, 15) is 15.2 Å². The number of benzene rings is 1. The molecule has 0 spiro atoms. The zero-order chi connectivity index (χ0) is 16.7. The second kappa shape index (κ2) is 8.93. The highest BCUT2D eigenvalue weighted by atomic mass is 16.6. The fourth-order valence-corrected chi connectivity index (χ4v) is 2.90. The Labute approximate surface area is 136 Å². The van der Waals surface area contributed by atoms with E-state index in [0.29, 0.717) is 25.7 Å². The fourth-order valence-electron chi connectivity index (χ4n) is 2.90. The topological polar surface area (TPSA) is 87.9 Å². The van der Waals surface area contributed by atoms with Crippen molar-refractivity contribution in [2.75, 3.05) is 33.4 Å². The van der Waals surface area contributed by atoms with E-state index >= 15 is 0 Å². The van der Waals surface area contributed by atoms with Gasteiger partial charge in [0, 0.05) is 38.4 Å². The molecular weight excluding hydrogens is 298 g/mol. The zero-order valence-electron chi connectivity index (χ0n) is 13.5. The first-order valence-electron chi connectivity index (χ1n) is 7.94. The molecule has 2 rings (SSSR count). The molecule has 2 N–H and O–H groups in total. The molecular formula is C16H25N3O4. The van der Waals surface area contributed by atoms with E-state index in [1.165, 1.54) is 6.07 Å². The molecule has 128 valence electrons. The van der Waals surface area contributed by atoms with Crippen LogP contribution >= 0.6 is 0 Å². The SMILES string of the molecule is COCC(O)CN1CCC(NCc2cccc([N+](=O)[O-])c2)CC1. The number of β-amino-alcohol motifs (C(OH)–C–C–N with tert-alkyl or cyclic N) is 1. The highest BCUT2D eigenvalue weighted by molar-refractivity contribution is 5.34. The van der Waals surface area contributed by atoms with Gasteiger partial charge in [0.2, 0.25) is 0 Å². The number of nitro groups is 1. The monoisotopic (exact) mass is 323 g/mol. The molecule has 1 aromatic carbocycles. The minimum absolute atomic E-state index is 0.131. The van der Waals surface area contributed by atoms with E-state index in [1.807, 2.05) is 6.07 Å². The normalized spacial score (nSPS) is 18.0. The summed E-state index contributed by atoms with van der Waals surface area (Å²) >= 11 is 0. The van der Waals surface area contributed by atoms with Gasteiger partial charge in [0.25, 0.3) is 5.69 Å². The van der Waals surface area contributed by atoms with Crippen LogP contribution in [0.15, 0.2) is 24.3 Å². The molecule has 0 bridgehead atoms. The van der Waals surface area contributed by atoms with Gasteiger partial charge in [-0.2, -0.15) is 0 Å². The lowest BCUT2D eigenvalue weighted by Gasteiger charge is -2.33. The maximum absolute atomic E-state index is 10.8. The Bertz CT molecular complexity index is 504. The predicted octanol–water partition coefficient (Wildman–Crippen LogP) is 1.16. The number of piperidine rings is 1. The lowest BCUT2D eigenvalue weighted by Crippen LogP contribution is -2.45. The van der Waals surface area contributed by atoms with Crippen molar-refractivity contribution in [1.29, 1.82) is 0 Å². The van der Waals surface area contributed by atoms with Crippen LogP contribution in [0.4, 0.5) is 5.69 Å². The molecule has 0 aliphatic carbocycles. The molecule has 0 aromatic heterocycles. The van der Waals surface area contributed by atoms with Gasteiger partial charge < -0.3 is 20.1 Å². The minimum atomic E-state index is -0.436. The molecule has 1 saturated heterocycles. The number of aliphatic hydroxyl groups excluding tert-OH is 1. The van der Waals surface area contributed by atoms with Crippen molar-refractivity contribution >= 4 is 5.69 Å². The first-order chi connectivity index (χ1) is 11.1. The Morgan fingerprint density at radius 3 is 2.87 bits per heavy atom. The van der Waals surface area contributed by atoms with Crippen LogP contribution in [0, 0.1) is 10.1 Å². The summed E-state index contributed by atoms with van der Waals surface area (Å²) in [6, 6.07) is 7.15. The number of hydrogen-bond donors (Lipinski definition) is 2. The largest absolute Gasteiger partial charge is 0.389 e. The lowest BCUT2D eigenvalue weighted by molar-refractivity contribution is -0.384. The van der Waals surface area contributed by atoms with Crippen molar-refractivity contribution in [1.82, 2.24) is 10.2 Å². The molecule has 0 radical (unpaired) electrons.